The summed E-state index contributed by atoms with van der Waals surface area (Å²) in [5, 5.41) is 4.24. The van der Waals surface area contributed by atoms with Gasteiger partial charge in [-0.3, -0.25) is 0 Å². The maximum atomic E-state index is 14.0. The van der Waals surface area contributed by atoms with Crippen molar-refractivity contribution in [3.8, 4) is 0 Å². The van der Waals surface area contributed by atoms with E-state index in [1.807, 2.05) is 19.9 Å². The van der Waals surface area contributed by atoms with E-state index in [0.717, 1.165) is 55.4 Å². The Labute approximate surface area is 187 Å². The monoisotopic (exact) mass is 440 g/mol. The summed E-state index contributed by atoms with van der Waals surface area (Å²) in [4.78, 5) is 18.2. The van der Waals surface area contributed by atoms with Gasteiger partial charge in [-0.05, 0) is 45.0 Å². The number of hydrogen-bond acceptors (Lipinski definition) is 6. The number of nitrogens with one attached hydrogen (secondary N) is 1. The highest BCUT2D eigenvalue weighted by molar-refractivity contribution is 5.89. The third-order valence-electron chi connectivity index (χ3n) is 6.30. The van der Waals surface area contributed by atoms with E-state index >= 15 is 0 Å². The number of fused-ring (bicyclic) bond motifs is 1. The molecule has 1 saturated heterocycles. The van der Waals surface area contributed by atoms with Crippen LogP contribution in [0.5, 0.6) is 0 Å². The number of aromatic nitrogens is 3. The van der Waals surface area contributed by atoms with Crippen LogP contribution in [-0.2, 0) is 5.92 Å². The second-order valence-corrected chi connectivity index (χ2v) is 8.75. The molecule has 32 heavy (non-hydrogen) atoms. The van der Waals surface area contributed by atoms with Crippen LogP contribution in [0.3, 0.4) is 0 Å². The molecule has 2 aromatic heterocycles. The summed E-state index contributed by atoms with van der Waals surface area (Å²) >= 11 is 0. The van der Waals surface area contributed by atoms with Crippen LogP contribution >= 0.6 is 0 Å². The van der Waals surface area contributed by atoms with Crippen molar-refractivity contribution in [2.24, 2.45) is 0 Å². The normalized spacial score (nSPS) is 16.4. The number of benzene rings is 1. The Morgan fingerprint density at radius 3 is 2.50 bits per heavy atom. The second kappa shape index (κ2) is 8.58. The van der Waals surface area contributed by atoms with Crippen LogP contribution in [0.15, 0.2) is 30.6 Å². The number of rotatable bonds is 5. The van der Waals surface area contributed by atoms with E-state index in [-0.39, 0.29) is 11.6 Å². The molecule has 8 heteroatoms. The highest BCUT2D eigenvalue weighted by Gasteiger charge is 2.28. The standard InChI is InChI=1S/C24H30F2N6/c1-15-18(7-6-8-20(15)24(4,25)26)16(2)29-22-19-13-21(32-11-9-31(5)10-12-32)17(3)30-23(19)28-14-27-22/h6-8,13-14,16H,9-12H2,1-5H3,(H,27,28,29,30)/t16-/m1/s1. The van der Waals surface area contributed by atoms with E-state index in [1.165, 1.54) is 12.4 Å². The topological polar surface area (TPSA) is 57.2 Å². The summed E-state index contributed by atoms with van der Waals surface area (Å²) in [5.41, 5.74) is 4.09. The lowest BCUT2D eigenvalue weighted by molar-refractivity contribution is 0.0167. The van der Waals surface area contributed by atoms with Gasteiger partial charge in [0.1, 0.15) is 12.1 Å². The molecule has 0 saturated carbocycles. The van der Waals surface area contributed by atoms with Crippen molar-refractivity contribution in [2.75, 3.05) is 43.4 Å². The first-order valence-corrected chi connectivity index (χ1v) is 11.0. The number of aryl methyl sites for hydroxylation is 1. The number of likely N-dealkylation sites (N-methyl/N-ethyl adjacent to an activating group) is 1. The van der Waals surface area contributed by atoms with Crippen LogP contribution in [-0.4, -0.2) is 53.1 Å². The Morgan fingerprint density at radius 1 is 1.09 bits per heavy atom. The average Bonchev–Trinajstić information content (AvgIpc) is 2.73. The third-order valence-corrected chi connectivity index (χ3v) is 6.30. The zero-order valence-electron chi connectivity index (χ0n) is 19.3. The van der Waals surface area contributed by atoms with Gasteiger partial charge in [-0.1, -0.05) is 18.2 Å². The van der Waals surface area contributed by atoms with E-state index in [1.54, 1.807) is 13.0 Å². The molecule has 0 bridgehead atoms. The van der Waals surface area contributed by atoms with Crippen molar-refractivity contribution >= 4 is 22.5 Å². The Hall–Kier alpha value is -2.87. The highest BCUT2D eigenvalue weighted by atomic mass is 19.3. The van der Waals surface area contributed by atoms with Gasteiger partial charge in [0.25, 0.3) is 5.92 Å². The Morgan fingerprint density at radius 2 is 1.81 bits per heavy atom. The SMILES string of the molecule is Cc1nc2ncnc(N[C@H](C)c3cccc(C(C)(F)F)c3C)c2cc1N1CCN(C)CC1. The summed E-state index contributed by atoms with van der Waals surface area (Å²) in [5.74, 6) is -2.24. The smallest absolute Gasteiger partial charge is 0.270 e. The van der Waals surface area contributed by atoms with E-state index in [4.69, 9.17) is 4.98 Å². The molecule has 4 rings (SSSR count). The van der Waals surface area contributed by atoms with Gasteiger partial charge < -0.3 is 15.1 Å². The van der Waals surface area contributed by atoms with Gasteiger partial charge in [-0.2, -0.15) is 0 Å². The molecule has 0 unspecified atom stereocenters. The number of halogens is 2. The molecule has 1 aliphatic rings. The predicted molar refractivity (Wildman–Crippen MR) is 125 cm³/mol. The van der Waals surface area contributed by atoms with Crippen LogP contribution in [0, 0.1) is 13.8 Å². The molecule has 0 radical (unpaired) electrons. The maximum absolute atomic E-state index is 14.0. The Balaban J connectivity index is 1.68. The fourth-order valence-electron chi connectivity index (χ4n) is 4.43. The van der Waals surface area contributed by atoms with Crippen molar-refractivity contribution in [1.29, 1.82) is 0 Å². The molecule has 0 amide bonds. The van der Waals surface area contributed by atoms with Gasteiger partial charge in [-0.25, -0.2) is 23.7 Å². The first-order valence-electron chi connectivity index (χ1n) is 11.0. The lowest BCUT2D eigenvalue weighted by Crippen LogP contribution is -2.44. The fraction of sp³-hybridized carbons (Fsp3) is 0.458. The molecule has 1 fully saturated rings. The molecular weight excluding hydrogens is 410 g/mol. The first kappa shape index (κ1) is 22.3. The van der Waals surface area contributed by atoms with Crippen LogP contribution < -0.4 is 10.2 Å². The largest absolute Gasteiger partial charge is 0.367 e. The van der Waals surface area contributed by atoms with Gasteiger partial charge in [0.15, 0.2) is 5.65 Å². The molecule has 1 atom stereocenters. The number of hydrogen-bond donors (Lipinski definition) is 1. The molecule has 0 spiro atoms. The predicted octanol–water partition coefficient (Wildman–Crippen LogP) is 4.68. The second-order valence-electron chi connectivity index (χ2n) is 8.75. The van der Waals surface area contributed by atoms with Gasteiger partial charge in [0.05, 0.1) is 22.8 Å². The zero-order chi connectivity index (χ0) is 23.0. The van der Waals surface area contributed by atoms with Crippen molar-refractivity contribution in [3.63, 3.8) is 0 Å². The van der Waals surface area contributed by atoms with E-state index in [2.05, 4.69) is 38.2 Å². The number of anilines is 2. The number of alkyl halides is 2. The molecule has 0 aliphatic carbocycles. The van der Waals surface area contributed by atoms with Crippen molar-refractivity contribution < 1.29 is 8.78 Å². The molecule has 3 aromatic rings. The minimum absolute atomic E-state index is 0.0471. The summed E-state index contributed by atoms with van der Waals surface area (Å²) in [6.45, 7) is 10.5. The van der Waals surface area contributed by atoms with Gasteiger partial charge in [0, 0.05) is 38.7 Å². The average molecular weight is 441 g/mol. The van der Waals surface area contributed by atoms with E-state index in [0.29, 0.717) is 17.0 Å². The fourth-order valence-corrected chi connectivity index (χ4v) is 4.43. The highest BCUT2D eigenvalue weighted by Crippen LogP contribution is 2.34. The number of pyridine rings is 1. The number of nitrogens with zero attached hydrogens (tertiary/aromatic N) is 5. The summed E-state index contributed by atoms with van der Waals surface area (Å²) in [6, 6.07) is 6.93. The molecule has 170 valence electrons. The van der Waals surface area contributed by atoms with Gasteiger partial charge in [-0.15, -0.1) is 0 Å². The molecule has 1 aromatic carbocycles. The quantitative estimate of drug-likeness (QED) is 0.622. The lowest BCUT2D eigenvalue weighted by atomic mass is 9.94. The Bertz CT molecular complexity index is 1120. The van der Waals surface area contributed by atoms with Crippen LogP contribution in [0.2, 0.25) is 0 Å². The van der Waals surface area contributed by atoms with Crippen LogP contribution in [0.25, 0.3) is 11.0 Å². The minimum Gasteiger partial charge on any atom is -0.367 e. The Kier molecular flexibility index (Phi) is 5.99. The van der Waals surface area contributed by atoms with Gasteiger partial charge in [0.2, 0.25) is 0 Å². The van der Waals surface area contributed by atoms with Crippen LogP contribution in [0.1, 0.15) is 42.3 Å². The van der Waals surface area contributed by atoms with E-state index < -0.39 is 5.92 Å². The lowest BCUT2D eigenvalue weighted by Gasteiger charge is -2.34. The minimum atomic E-state index is -2.89. The summed E-state index contributed by atoms with van der Waals surface area (Å²) in [6.07, 6.45) is 1.49. The number of piperazine rings is 1. The molecule has 6 nitrogen and oxygen atoms in total. The summed E-state index contributed by atoms with van der Waals surface area (Å²) in [7, 11) is 2.13. The molecular formula is C24H30F2N6. The molecule has 3 heterocycles. The van der Waals surface area contributed by atoms with Crippen LogP contribution in [0.4, 0.5) is 20.3 Å². The summed E-state index contributed by atoms with van der Waals surface area (Å²) < 4.78 is 28.0. The van der Waals surface area contributed by atoms with Crippen molar-refractivity contribution in [3.05, 3.63) is 53.0 Å². The van der Waals surface area contributed by atoms with Gasteiger partial charge >= 0.3 is 0 Å². The zero-order valence-corrected chi connectivity index (χ0v) is 19.3. The van der Waals surface area contributed by atoms with Crippen molar-refractivity contribution in [2.45, 2.75) is 39.7 Å². The van der Waals surface area contributed by atoms with E-state index in [9.17, 15) is 8.78 Å². The van der Waals surface area contributed by atoms with Crippen molar-refractivity contribution in [1.82, 2.24) is 19.9 Å². The third kappa shape index (κ3) is 4.37. The first-order chi connectivity index (χ1) is 15.1. The maximum Gasteiger partial charge on any atom is 0.270 e. The molecule has 1 aliphatic heterocycles. The molecule has 1 N–H and O–H groups in total.